The summed E-state index contributed by atoms with van der Waals surface area (Å²) in [6.07, 6.45) is 1.45. The van der Waals surface area contributed by atoms with Crippen molar-refractivity contribution in [1.29, 1.82) is 0 Å². The highest BCUT2D eigenvalue weighted by Crippen LogP contribution is 2.16. The van der Waals surface area contributed by atoms with Crippen molar-refractivity contribution in [2.24, 2.45) is 0 Å². The molecule has 0 saturated carbocycles. The average Bonchev–Trinajstić information content (AvgIpc) is 2.65. The van der Waals surface area contributed by atoms with Crippen molar-refractivity contribution in [2.75, 3.05) is 0 Å². The van der Waals surface area contributed by atoms with Crippen LogP contribution in [0.1, 0.15) is 11.4 Å². The lowest BCUT2D eigenvalue weighted by atomic mass is 10.2. The number of halogens is 2. The van der Waals surface area contributed by atoms with Crippen molar-refractivity contribution in [3.8, 4) is 5.69 Å². The first-order valence-electron chi connectivity index (χ1n) is 4.44. The fraction of sp³-hybridized carbons (Fsp3) is 0.200. The summed E-state index contributed by atoms with van der Waals surface area (Å²) in [7, 11) is 0. The van der Waals surface area contributed by atoms with Crippen molar-refractivity contribution >= 4 is 11.6 Å². The van der Waals surface area contributed by atoms with E-state index >= 15 is 0 Å². The number of benzene rings is 1. The van der Waals surface area contributed by atoms with E-state index in [9.17, 15) is 4.39 Å². The second-order valence-electron chi connectivity index (χ2n) is 3.21. The predicted molar refractivity (Wildman–Crippen MR) is 55.6 cm³/mol. The van der Waals surface area contributed by atoms with E-state index in [0.717, 1.165) is 5.56 Å². The maximum absolute atomic E-state index is 13.6. The lowest BCUT2D eigenvalue weighted by Crippen LogP contribution is -2.01. The first-order chi connectivity index (χ1) is 7.22. The SMILES string of the molecule is Cc1ccc(-n2cnnc2CCl)c(F)c1. The molecule has 0 amide bonds. The molecule has 1 aromatic heterocycles. The number of aryl methyl sites for hydroxylation is 1. The second kappa shape index (κ2) is 3.98. The molecule has 0 aliphatic rings. The Kier molecular flexibility index (Phi) is 2.68. The molecule has 78 valence electrons. The molecule has 0 saturated heterocycles. The highest BCUT2D eigenvalue weighted by Gasteiger charge is 2.09. The Bertz CT molecular complexity index is 481. The summed E-state index contributed by atoms with van der Waals surface area (Å²) in [5.41, 5.74) is 1.29. The summed E-state index contributed by atoms with van der Waals surface area (Å²) < 4.78 is 15.2. The second-order valence-corrected chi connectivity index (χ2v) is 3.47. The first kappa shape index (κ1) is 10.1. The molecule has 0 bridgehead atoms. The third-order valence-electron chi connectivity index (χ3n) is 2.10. The molecule has 0 aliphatic heterocycles. The standard InChI is InChI=1S/C10H9ClFN3/c1-7-2-3-9(8(12)4-7)15-6-13-14-10(15)5-11/h2-4,6H,5H2,1H3. The maximum Gasteiger partial charge on any atom is 0.152 e. The Balaban J connectivity index is 2.54. The molecule has 2 aromatic rings. The number of aromatic nitrogens is 3. The number of hydrogen-bond acceptors (Lipinski definition) is 2. The maximum atomic E-state index is 13.6. The minimum atomic E-state index is -0.304. The Labute approximate surface area is 91.5 Å². The van der Waals surface area contributed by atoms with Gasteiger partial charge >= 0.3 is 0 Å². The van der Waals surface area contributed by atoms with Crippen LogP contribution in [0.2, 0.25) is 0 Å². The smallest absolute Gasteiger partial charge is 0.152 e. The molecule has 0 N–H and O–H groups in total. The van der Waals surface area contributed by atoms with Crippen LogP contribution in [0, 0.1) is 12.7 Å². The molecule has 0 atom stereocenters. The Morgan fingerprint density at radius 1 is 1.47 bits per heavy atom. The third-order valence-corrected chi connectivity index (χ3v) is 2.34. The molecule has 0 spiro atoms. The number of alkyl halides is 1. The summed E-state index contributed by atoms with van der Waals surface area (Å²) in [4.78, 5) is 0. The van der Waals surface area contributed by atoms with Gasteiger partial charge in [0.2, 0.25) is 0 Å². The van der Waals surface area contributed by atoms with Gasteiger partial charge in [0.05, 0.1) is 11.6 Å². The molecular formula is C10H9ClFN3. The van der Waals surface area contributed by atoms with E-state index in [1.165, 1.54) is 12.4 Å². The minimum Gasteiger partial charge on any atom is -0.282 e. The fourth-order valence-corrected chi connectivity index (χ4v) is 1.54. The number of nitrogens with zero attached hydrogens (tertiary/aromatic N) is 3. The molecule has 1 aromatic carbocycles. The van der Waals surface area contributed by atoms with E-state index in [4.69, 9.17) is 11.6 Å². The molecule has 0 aliphatic carbocycles. The van der Waals surface area contributed by atoms with Crippen LogP contribution >= 0.6 is 11.6 Å². The van der Waals surface area contributed by atoms with Crippen LogP contribution < -0.4 is 0 Å². The molecule has 0 unspecified atom stereocenters. The van der Waals surface area contributed by atoms with Gasteiger partial charge in [0.15, 0.2) is 5.82 Å². The van der Waals surface area contributed by atoms with Crippen LogP contribution in [-0.2, 0) is 5.88 Å². The van der Waals surface area contributed by atoms with Crippen LogP contribution in [0.25, 0.3) is 5.69 Å². The molecule has 0 fully saturated rings. The minimum absolute atomic E-state index is 0.202. The zero-order chi connectivity index (χ0) is 10.8. The van der Waals surface area contributed by atoms with E-state index < -0.39 is 0 Å². The van der Waals surface area contributed by atoms with Gasteiger partial charge < -0.3 is 0 Å². The first-order valence-corrected chi connectivity index (χ1v) is 4.97. The van der Waals surface area contributed by atoms with E-state index in [0.29, 0.717) is 11.5 Å². The van der Waals surface area contributed by atoms with E-state index in [-0.39, 0.29) is 11.7 Å². The number of rotatable bonds is 2. The van der Waals surface area contributed by atoms with E-state index in [1.807, 2.05) is 13.0 Å². The van der Waals surface area contributed by atoms with Gasteiger partial charge in [-0.05, 0) is 24.6 Å². The van der Waals surface area contributed by atoms with Crippen molar-refractivity contribution < 1.29 is 4.39 Å². The van der Waals surface area contributed by atoms with Crippen LogP contribution in [0.15, 0.2) is 24.5 Å². The van der Waals surface area contributed by atoms with E-state index in [1.54, 1.807) is 10.6 Å². The largest absolute Gasteiger partial charge is 0.282 e. The zero-order valence-corrected chi connectivity index (χ0v) is 8.87. The lowest BCUT2D eigenvalue weighted by Gasteiger charge is -2.06. The van der Waals surface area contributed by atoms with Crippen LogP contribution in [0.5, 0.6) is 0 Å². The quantitative estimate of drug-likeness (QED) is 0.735. The lowest BCUT2D eigenvalue weighted by molar-refractivity contribution is 0.615. The topological polar surface area (TPSA) is 30.7 Å². The summed E-state index contributed by atoms with van der Waals surface area (Å²) >= 11 is 5.66. The van der Waals surface area contributed by atoms with Gasteiger partial charge in [0.25, 0.3) is 0 Å². The Morgan fingerprint density at radius 3 is 2.93 bits per heavy atom. The highest BCUT2D eigenvalue weighted by atomic mass is 35.5. The highest BCUT2D eigenvalue weighted by molar-refractivity contribution is 6.16. The van der Waals surface area contributed by atoms with Crippen molar-refractivity contribution in [2.45, 2.75) is 12.8 Å². The summed E-state index contributed by atoms with van der Waals surface area (Å²) in [6.45, 7) is 1.83. The molecule has 0 radical (unpaired) electrons. The van der Waals surface area contributed by atoms with Gasteiger partial charge in [-0.2, -0.15) is 0 Å². The van der Waals surface area contributed by atoms with Crippen molar-refractivity contribution in [3.05, 3.63) is 41.7 Å². The normalized spacial score (nSPS) is 10.6. The fourth-order valence-electron chi connectivity index (χ4n) is 1.36. The summed E-state index contributed by atoms with van der Waals surface area (Å²) in [5.74, 6) is 0.424. The molecular weight excluding hydrogens is 217 g/mol. The Morgan fingerprint density at radius 2 is 2.27 bits per heavy atom. The average molecular weight is 226 g/mol. The van der Waals surface area contributed by atoms with Crippen LogP contribution in [-0.4, -0.2) is 14.8 Å². The third kappa shape index (κ3) is 1.85. The van der Waals surface area contributed by atoms with Crippen LogP contribution in [0.3, 0.4) is 0 Å². The summed E-state index contributed by atoms with van der Waals surface area (Å²) in [6, 6.07) is 4.98. The van der Waals surface area contributed by atoms with Gasteiger partial charge in [-0.15, -0.1) is 21.8 Å². The van der Waals surface area contributed by atoms with Crippen molar-refractivity contribution in [1.82, 2.24) is 14.8 Å². The van der Waals surface area contributed by atoms with Gasteiger partial charge in [0.1, 0.15) is 12.1 Å². The monoisotopic (exact) mass is 225 g/mol. The molecule has 1 heterocycles. The molecule has 2 rings (SSSR count). The van der Waals surface area contributed by atoms with Crippen LogP contribution in [0.4, 0.5) is 4.39 Å². The predicted octanol–water partition coefficient (Wildman–Crippen LogP) is 2.45. The molecule has 3 nitrogen and oxygen atoms in total. The van der Waals surface area contributed by atoms with Gasteiger partial charge in [-0.1, -0.05) is 6.07 Å². The van der Waals surface area contributed by atoms with Gasteiger partial charge in [-0.25, -0.2) is 4.39 Å². The molecule has 5 heteroatoms. The summed E-state index contributed by atoms with van der Waals surface area (Å²) in [5, 5.41) is 7.48. The molecule has 15 heavy (non-hydrogen) atoms. The van der Waals surface area contributed by atoms with Gasteiger partial charge in [0, 0.05) is 0 Å². The zero-order valence-electron chi connectivity index (χ0n) is 8.11. The van der Waals surface area contributed by atoms with Gasteiger partial charge in [-0.3, -0.25) is 4.57 Å². The van der Waals surface area contributed by atoms with E-state index in [2.05, 4.69) is 10.2 Å². The number of hydrogen-bond donors (Lipinski definition) is 0. The Hall–Kier alpha value is -1.42. The van der Waals surface area contributed by atoms with Crippen molar-refractivity contribution in [3.63, 3.8) is 0 Å².